The van der Waals surface area contributed by atoms with Gasteiger partial charge in [0.2, 0.25) is 0 Å². The van der Waals surface area contributed by atoms with E-state index in [2.05, 4.69) is 27.3 Å². The van der Waals surface area contributed by atoms with Gasteiger partial charge in [0.15, 0.2) is 0 Å². The number of rotatable bonds is 6. The van der Waals surface area contributed by atoms with E-state index in [0.717, 1.165) is 46.0 Å². The summed E-state index contributed by atoms with van der Waals surface area (Å²) in [5, 5.41) is 14.9. The number of hydrogen-bond acceptors (Lipinski definition) is 5. The van der Waals surface area contributed by atoms with Gasteiger partial charge in [0.1, 0.15) is 11.3 Å². The average molecular weight is 595 g/mol. The average Bonchev–Trinajstić information content (AvgIpc) is 3.58. The Labute approximate surface area is 256 Å². The molecule has 2 amide bonds. The molecule has 44 heavy (non-hydrogen) atoms. The monoisotopic (exact) mass is 594 g/mol. The summed E-state index contributed by atoms with van der Waals surface area (Å²) < 4.78 is 5.53. The molecule has 3 N–H and O–H groups in total. The van der Waals surface area contributed by atoms with E-state index in [1.165, 1.54) is 0 Å². The number of H-pyrrole nitrogens is 1. The van der Waals surface area contributed by atoms with Gasteiger partial charge in [0, 0.05) is 43.1 Å². The van der Waals surface area contributed by atoms with Crippen molar-refractivity contribution in [3.63, 3.8) is 0 Å². The molecule has 4 aromatic rings. The zero-order chi connectivity index (χ0) is 31.2. The molecule has 1 aliphatic carbocycles. The zero-order valence-corrected chi connectivity index (χ0v) is 25.6. The van der Waals surface area contributed by atoms with Crippen molar-refractivity contribution in [3.05, 3.63) is 89.1 Å². The van der Waals surface area contributed by atoms with E-state index in [1.54, 1.807) is 17.0 Å². The Morgan fingerprint density at radius 3 is 2.32 bits per heavy atom. The maximum absolute atomic E-state index is 13.9. The molecule has 1 aliphatic heterocycles. The van der Waals surface area contributed by atoms with Gasteiger partial charge in [-0.2, -0.15) is 0 Å². The first kappa shape index (κ1) is 29.3. The lowest BCUT2D eigenvalue weighted by atomic mass is 9.93. The summed E-state index contributed by atoms with van der Waals surface area (Å²) in [5.41, 5.74) is 4.15. The highest BCUT2D eigenvalue weighted by atomic mass is 16.6. The van der Waals surface area contributed by atoms with Gasteiger partial charge in [-0.05, 0) is 104 Å². The van der Waals surface area contributed by atoms with Crippen LogP contribution in [-0.2, 0) is 10.3 Å². The van der Waals surface area contributed by atoms with Gasteiger partial charge >= 0.3 is 12.1 Å². The van der Waals surface area contributed by atoms with Crippen LogP contribution in [-0.4, -0.2) is 64.7 Å². The number of fused-ring (bicyclic) bond motifs is 1. The number of piperazine rings is 1. The Hall–Kier alpha value is -4.79. The molecular formula is C35H38N4O5. The molecule has 0 bridgehead atoms. The number of nitrogens with one attached hydrogen (secondary N) is 2. The Kier molecular flexibility index (Phi) is 7.35. The molecule has 3 aromatic carbocycles. The fraction of sp³-hybridized carbons (Fsp3) is 0.343. The topological polar surface area (TPSA) is 115 Å². The number of carboxylic acid groups (broad SMARTS) is 1. The maximum atomic E-state index is 13.9. The molecule has 1 saturated carbocycles. The van der Waals surface area contributed by atoms with Gasteiger partial charge in [-0.25, -0.2) is 9.59 Å². The number of benzene rings is 3. The van der Waals surface area contributed by atoms with Crippen molar-refractivity contribution >= 4 is 34.4 Å². The van der Waals surface area contributed by atoms with Crippen LogP contribution >= 0.6 is 0 Å². The Morgan fingerprint density at radius 2 is 1.66 bits per heavy atom. The first-order valence-corrected chi connectivity index (χ1v) is 15.0. The number of aryl methyl sites for hydroxylation is 1. The first-order valence-electron chi connectivity index (χ1n) is 15.0. The number of nitrogens with zero attached hydrogens (tertiary/aromatic N) is 2. The molecule has 2 heterocycles. The second-order valence-electron chi connectivity index (χ2n) is 12.8. The minimum absolute atomic E-state index is 0.128. The van der Waals surface area contributed by atoms with Crippen molar-refractivity contribution in [1.82, 2.24) is 15.2 Å². The van der Waals surface area contributed by atoms with Crippen LogP contribution in [0.2, 0.25) is 0 Å². The summed E-state index contributed by atoms with van der Waals surface area (Å²) in [4.78, 5) is 44.8. The minimum atomic E-state index is -1.01. The highest BCUT2D eigenvalue weighted by molar-refractivity contribution is 5.99. The van der Waals surface area contributed by atoms with E-state index in [9.17, 15) is 19.5 Å². The van der Waals surface area contributed by atoms with Crippen LogP contribution in [0.25, 0.3) is 22.0 Å². The van der Waals surface area contributed by atoms with Crippen molar-refractivity contribution in [1.29, 1.82) is 0 Å². The summed E-state index contributed by atoms with van der Waals surface area (Å²) >= 11 is 0. The van der Waals surface area contributed by atoms with Gasteiger partial charge in [0.25, 0.3) is 5.91 Å². The second-order valence-corrected chi connectivity index (χ2v) is 12.8. The highest BCUT2D eigenvalue weighted by Crippen LogP contribution is 2.49. The molecule has 2 aliphatic rings. The van der Waals surface area contributed by atoms with Crippen LogP contribution < -0.4 is 10.2 Å². The molecule has 9 nitrogen and oxygen atoms in total. The van der Waals surface area contributed by atoms with Crippen LogP contribution in [0.3, 0.4) is 0 Å². The zero-order valence-electron chi connectivity index (χ0n) is 25.6. The van der Waals surface area contributed by atoms with Gasteiger partial charge in [-0.3, -0.25) is 4.79 Å². The SMILES string of the molecule is Cc1ccc(N2CCN(C(=O)OC(C)(C)C)CC2)cc1C(=O)NC1(c2cc(-c3ccc(C(=O)O)[nH]3)cc3ccccc23)CC1. The molecule has 228 valence electrons. The third kappa shape index (κ3) is 5.86. The van der Waals surface area contributed by atoms with Gasteiger partial charge in [-0.1, -0.05) is 30.3 Å². The third-order valence-electron chi connectivity index (χ3n) is 8.47. The lowest BCUT2D eigenvalue weighted by Gasteiger charge is -2.37. The van der Waals surface area contributed by atoms with Crippen LogP contribution in [0.15, 0.2) is 66.7 Å². The van der Waals surface area contributed by atoms with Crippen molar-refractivity contribution in [2.45, 2.75) is 51.7 Å². The van der Waals surface area contributed by atoms with E-state index >= 15 is 0 Å². The van der Waals surface area contributed by atoms with Gasteiger partial charge < -0.3 is 29.9 Å². The van der Waals surface area contributed by atoms with Crippen molar-refractivity contribution in [3.8, 4) is 11.3 Å². The van der Waals surface area contributed by atoms with E-state index in [1.807, 2.05) is 70.2 Å². The predicted molar refractivity (Wildman–Crippen MR) is 170 cm³/mol. The van der Waals surface area contributed by atoms with E-state index in [4.69, 9.17) is 4.74 Å². The van der Waals surface area contributed by atoms with Crippen LogP contribution in [0, 0.1) is 6.92 Å². The summed E-state index contributed by atoms with van der Waals surface area (Å²) in [6.45, 7) is 9.93. The number of anilines is 1. The predicted octanol–water partition coefficient (Wildman–Crippen LogP) is 6.32. The van der Waals surface area contributed by atoms with E-state index < -0.39 is 17.1 Å². The first-order chi connectivity index (χ1) is 20.9. The fourth-order valence-electron chi connectivity index (χ4n) is 5.95. The largest absolute Gasteiger partial charge is 0.477 e. The molecule has 9 heteroatoms. The van der Waals surface area contributed by atoms with Crippen molar-refractivity contribution in [2.75, 3.05) is 31.1 Å². The molecule has 0 unspecified atom stereocenters. The van der Waals surface area contributed by atoms with Gasteiger partial charge in [-0.15, -0.1) is 0 Å². The number of aromatic amines is 1. The maximum Gasteiger partial charge on any atom is 0.410 e. The highest BCUT2D eigenvalue weighted by Gasteiger charge is 2.47. The Bertz CT molecular complexity index is 1760. The number of amides is 2. The van der Waals surface area contributed by atoms with Crippen LogP contribution in [0.5, 0.6) is 0 Å². The number of carboxylic acids is 1. The summed E-state index contributed by atoms with van der Waals surface area (Å²) in [5.74, 6) is -1.14. The Balaban J connectivity index is 1.23. The normalized spacial score (nSPS) is 16.1. The number of aromatic carboxylic acids is 1. The quantitative estimate of drug-likeness (QED) is 0.241. The minimum Gasteiger partial charge on any atom is -0.477 e. The number of hydrogen-bond donors (Lipinski definition) is 3. The molecule has 1 saturated heterocycles. The van der Waals surface area contributed by atoms with Crippen LogP contribution in [0.4, 0.5) is 10.5 Å². The van der Waals surface area contributed by atoms with Crippen molar-refractivity contribution in [2.24, 2.45) is 0 Å². The summed E-state index contributed by atoms with van der Waals surface area (Å²) in [6.07, 6.45) is 1.32. The number of ether oxygens (including phenoxy) is 1. The van der Waals surface area contributed by atoms with Gasteiger partial charge in [0.05, 0.1) is 5.54 Å². The lowest BCUT2D eigenvalue weighted by Crippen LogP contribution is -2.50. The smallest absolute Gasteiger partial charge is 0.410 e. The summed E-state index contributed by atoms with van der Waals surface area (Å²) in [7, 11) is 0. The number of carbonyl (C=O) groups is 3. The number of aromatic nitrogens is 1. The molecular weight excluding hydrogens is 556 g/mol. The van der Waals surface area contributed by atoms with E-state index in [0.29, 0.717) is 37.4 Å². The lowest BCUT2D eigenvalue weighted by molar-refractivity contribution is 0.0240. The standard InChI is InChI=1S/C35H38N4O5/c1-22-9-10-25(38-15-17-39(18-16-38)33(43)44-34(2,3)4)21-27(22)31(40)37-35(13-14-35)28-20-24(19-23-7-5-6-8-26(23)28)29-11-12-30(36-29)32(41)42/h5-12,19-21,36H,13-18H2,1-4H3,(H,37,40)(H,41,42). The van der Waals surface area contributed by atoms with Crippen LogP contribution in [0.1, 0.15) is 65.6 Å². The Morgan fingerprint density at radius 1 is 0.932 bits per heavy atom. The molecule has 0 atom stereocenters. The fourth-order valence-corrected chi connectivity index (χ4v) is 5.95. The molecule has 0 radical (unpaired) electrons. The third-order valence-corrected chi connectivity index (χ3v) is 8.47. The number of carbonyl (C=O) groups excluding carboxylic acids is 2. The molecule has 6 rings (SSSR count). The van der Waals surface area contributed by atoms with Crippen molar-refractivity contribution < 1.29 is 24.2 Å². The molecule has 2 fully saturated rings. The molecule has 0 spiro atoms. The van der Waals surface area contributed by atoms with E-state index in [-0.39, 0.29) is 17.7 Å². The summed E-state index contributed by atoms with van der Waals surface area (Å²) in [6, 6.07) is 21.5. The molecule has 1 aromatic heterocycles. The second kappa shape index (κ2) is 11.0.